The van der Waals surface area contributed by atoms with Gasteiger partial charge in [-0.05, 0) is 11.6 Å². The maximum atomic E-state index is 10.9. The first-order valence-electron chi connectivity index (χ1n) is 4.61. The summed E-state index contributed by atoms with van der Waals surface area (Å²) in [5.74, 6) is 0.214. The lowest BCUT2D eigenvalue weighted by atomic mass is 10.0. The highest BCUT2D eigenvalue weighted by atomic mass is 16.2. The lowest BCUT2D eigenvalue weighted by molar-refractivity contribution is -0.141. The third kappa shape index (κ3) is 1.66. The topological polar surface area (TPSA) is 33.2 Å². The van der Waals surface area contributed by atoms with Crippen LogP contribution in [-0.2, 0) is 4.79 Å². The molecule has 1 amide bonds. The molecule has 1 aromatic rings. The van der Waals surface area contributed by atoms with Crippen molar-refractivity contribution in [2.75, 3.05) is 7.05 Å². The molecule has 0 aliphatic carbocycles. The standard InChI is InChI=1S/C11H12N2O/c1-13-10(7-11(13)14)5-4-9-3-2-6-12-8-9/h2-6,8,10H,7H2,1H3/b5-4+. The Hall–Kier alpha value is -1.64. The summed E-state index contributed by atoms with van der Waals surface area (Å²) >= 11 is 0. The maximum absolute atomic E-state index is 10.9. The largest absolute Gasteiger partial charge is 0.339 e. The van der Waals surface area contributed by atoms with E-state index in [0.29, 0.717) is 6.42 Å². The van der Waals surface area contributed by atoms with Crippen LogP contribution in [0, 0.1) is 0 Å². The Morgan fingerprint density at radius 2 is 2.50 bits per heavy atom. The van der Waals surface area contributed by atoms with Gasteiger partial charge in [-0.3, -0.25) is 9.78 Å². The van der Waals surface area contributed by atoms with Crippen molar-refractivity contribution in [3.63, 3.8) is 0 Å². The first-order chi connectivity index (χ1) is 6.77. The molecule has 3 heteroatoms. The first-order valence-corrected chi connectivity index (χ1v) is 4.61. The van der Waals surface area contributed by atoms with Crippen molar-refractivity contribution in [3.05, 3.63) is 36.2 Å². The Morgan fingerprint density at radius 1 is 1.64 bits per heavy atom. The second kappa shape index (κ2) is 3.62. The summed E-state index contributed by atoms with van der Waals surface area (Å²) in [7, 11) is 1.82. The second-order valence-corrected chi connectivity index (χ2v) is 3.42. The smallest absolute Gasteiger partial charge is 0.225 e. The van der Waals surface area contributed by atoms with Crippen molar-refractivity contribution >= 4 is 12.0 Å². The van der Waals surface area contributed by atoms with Gasteiger partial charge in [0.25, 0.3) is 0 Å². The number of aromatic nitrogens is 1. The second-order valence-electron chi connectivity index (χ2n) is 3.42. The predicted molar refractivity (Wildman–Crippen MR) is 54.4 cm³/mol. The van der Waals surface area contributed by atoms with E-state index in [4.69, 9.17) is 0 Å². The molecule has 0 radical (unpaired) electrons. The van der Waals surface area contributed by atoms with E-state index in [1.165, 1.54) is 0 Å². The van der Waals surface area contributed by atoms with Crippen LogP contribution in [0.3, 0.4) is 0 Å². The van der Waals surface area contributed by atoms with Gasteiger partial charge < -0.3 is 4.90 Å². The fraction of sp³-hybridized carbons (Fsp3) is 0.273. The van der Waals surface area contributed by atoms with Crippen molar-refractivity contribution in [1.82, 2.24) is 9.88 Å². The van der Waals surface area contributed by atoms with Gasteiger partial charge in [-0.25, -0.2) is 0 Å². The highest BCUT2D eigenvalue weighted by molar-refractivity contribution is 5.83. The summed E-state index contributed by atoms with van der Waals surface area (Å²) in [4.78, 5) is 16.7. The quantitative estimate of drug-likeness (QED) is 0.656. The van der Waals surface area contributed by atoms with Crippen LogP contribution in [0.1, 0.15) is 12.0 Å². The van der Waals surface area contributed by atoms with Gasteiger partial charge >= 0.3 is 0 Å². The normalized spacial score (nSPS) is 21.4. The maximum Gasteiger partial charge on any atom is 0.225 e. The van der Waals surface area contributed by atoms with Crippen molar-refractivity contribution in [2.45, 2.75) is 12.5 Å². The van der Waals surface area contributed by atoms with Crippen LogP contribution >= 0.6 is 0 Å². The molecule has 14 heavy (non-hydrogen) atoms. The molecule has 72 valence electrons. The number of hydrogen-bond acceptors (Lipinski definition) is 2. The van der Waals surface area contributed by atoms with Crippen molar-refractivity contribution in [3.8, 4) is 0 Å². The molecule has 0 aromatic carbocycles. The monoisotopic (exact) mass is 188 g/mol. The molecule has 0 spiro atoms. The van der Waals surface area contributed by atoms with Gasteiger partial charge in [0.15, 0.2) is 0 Å². The number of likely N-dealkylation sites (tertiary alicyclic amines) is 1. The Bertz CT molecular complexity index is 359. The van der Waals surface area contributed by atoms with Gasteiger partial charge in [-0.1, -0.05) is 18.2 Å². The van der Waals surface area contributed by atoms with Crippen molar-refractivity contribution in [2.24, 2.45) is 0 Å². The minimum atomic E-state index is 0.214. The number of hydrogen-bond donors (Lipinski definition) is 0. The molecule has 2 heterocycles. The van der Waals surface area contributed by atoms with E-state index in [0.717, 1.165) is 5.56 Å². The molecule has 1 aliphatic heterocycles. The van der Waals surface area contributed by atoms with Gasteiger partial charge in [-0.15, -0.1) is 0 Å². The summed E-state index contributed by atoms with van der Waals surface area (Å²) in [6.07, 6.45) is 8.22. The van der Waals surface area contributed by atoms with Crippen molar-refractivity contribution in [1.29, 1.82) is 0 Å². The van der Waals surface area contributed by atoms with E-state index in [9.17, 15) is 4.79 Å². The zero-order valence-electron chi connectivity index (χ0n) is 8.05. The van der Waals surface area contributed by atoms with Crippen LogP contribution in [0.4, 0.5) is 0 Å². The number of nitrogens with zero attached hydrogens (tertiary/aromatic N) is 2. The molecule has 1 saturated heterocycles. The third-order valence-electron chi connectivity index (χ3n) is 2.47. The molecule has 0 saturated carbocycles. The zero-order valence-corrected chi connectivity index (χ0v) is 8.05. The summed E-state index contributed by atoms with van der Waals surface area (Å²) in [6, 6.07) is 4.15. The summed E-state index contributed by atoms with van der Waals surface area (Å²) < 4.78 is 0. The molecular weight excluding hydrogens is 176 g/mol. The number of carbonyl (C=O) groups excluding carboxylic acids is 1. The minimum absolute atomic E-state index is 0.214. The molecule has 0 N–H and O–H groups in total. The van der Waals surface area contributed by atoms with Crippen LogP contribution in [0.15, 0.2) is 30.6 Å². The van der Waals surface area contributed by atoms with E-state index in [1.54, 1.807) is 17.3 Å². The molecule has 2 rings (SSSR count). The molecular formula is C11H12N2O. The lowest BCUT2D eigenvalue weighted by Crippen LogP contribution is -2.48. The number of pyridine rings is 1. The first kappa shape index (κ1) is 8.94. The highest BCUT2D eigenvalue weighted by Gasteiger charge is 2.29. The fourth-order valence-electron chi connectivity index (χ4n) is 1.43. The molecule has 1 aromatic heterocycles. The van der Waals surface area contributed by atoms with Crippen LogP contribution in [0.2, 0.25) is 0 Å². The molecule has 1 fully saturated rings. The van der Waals surface area contributed by atoms with Gasteiger partial charge in [0.05, 0.1) is 12.5 Å². The average molecular weight is 188 g/mol. The molecule has 1 atom stereocenters. The summed E-state index contributed by atoms with van der Waals surface area (Å²) in [5.41, 5.74) is 1.07. The Morgan fingerprint density at radius 3 is 3.07 bits per heavy atom. The number of β-lactam (4-membered cyclic amide) rings is 1. The van der Waals surface area contributed by atoms with Crippen LogP contribution < -0.4 is 0 Å². The molecule has 3 nitrogen and oxygen atoms in total. The number of likely N-dealkylation sites (N-methyl/N-ethyl adjacent to an activating group) is 1. The zero-order chi connectivity index (χ0) is 9.97. The average Bonchev–Trinajstić information content (AvgIpc) is 2.25. The van der Waals surface area contributed by atoms with Gasteiger partial charge in [0, 0.05) is 19.4 Å². The van der Waals surface area contributed by atoms with Crippen molar-refractivity contribution < 1.29 is 4.79 Å². The lowest BCUT2D eigenvalue weighted by Gasteiger charge is -2.35. The number of rotatable bonds is 2. The molecule has 0 bridgehead atoms. The Balaban J connectivity index is 1.99. The predicted octanol–water partition coefficient (Wildman–Crippen LogP) is 1.33. The fourth-order valence-corrected chi connectivity index (χ4v) is 1.43. The van der Waals surface area contributed by atoms with E-state index in [1.807, 2.05) is 31.3 Å². The summed E-state index contributed by atoms with van der Waals surface area (Å²) in [6.45, 7) is 0. The Labute approximate surface area is 83.1 Å². The number of amides is 1. The number of carbonyl (C=O) groups is 1. The van der Waals surface area contributed by atoms with Gasteiger partial charge in [0.1, 0.15) is 0 Å². The van der Waals surface area contributed by atoms with Crippen LogP contribution in [-0.4, -0.2) is 28.9 Å². The molecule has 1 aliphatic rings. The minimum Gasteiger partial charge on any atom is -0.339 e. The van der Waals surface area contributed by atoms with Crippen LogP contribution in [0.5, 0.6) is 0 Å². The molecule has 1 unspecified atom stereocenters. The van der Waals surface area contributed by atoms with E-state index >= 15 is 0 Å². The highest BCUT2D eigenvalue weighted by Crippen LogP contribution is 2.18. The third-order valence-corrected chi connectivity index (χ3v) is 2.47. The van der Waals surface area contributed by atoms with E-state index in [2.05, 4.69) is 4.98 Å². The van der Waals surface area contributed by atoms with Gasteiger partial charge in [-0.2, -0.15) is 0 Å². The Kier molecular flexibility index (Phi) is 2.31. The van der Waals surface area contributed by atoms with Crippen LogP contribution in [0.25, 0.3) is 6.08 Å². The van der Waals surface area contributed by atoms with E-state index < -0.39 is 0 Å². The van der Waals surface area contributed by atoms with Gasteiger partial charge in [0.2, 0.25) is 5.91 Å². The summed E-state index contributed by atoms with van der Waals surface area (Å²) in [5, 5.41) is 0. The SMILES string of the molecule is CN1C(=O)CC1/C=C/c1cccnc1. The van der Waals surface area contributed by atoms with E-state index in [-0.39, 0.29) is 11.9 Å².